The molecule has 1 N–H and O–H groups in total. The third kappa shape index (κ3) is 4.15. The number of rotatable bonds is 5. The Labute approximate surface area is 165 Å². The second-order valence-electron chi connectivity index (χ2n) is 7.38. The van der Waals surface area contributed by atoms with Crippen LogP contribution in [0.15, 0.2) is 34.9 Å². The Hall–Kier alpha value is -3.17. The predicted molar refractivity (Wildman–Crippen MR) is 99.1 cm³/mol. The summed E-state index contributed by atoms with van der Waals surface area (Å²) >= 11 is 0. The number of amides is 1. The van der Waals surface area contributed by atoms with Gasteiger partial charge in [0.05, 0.1) is 18.7 Å². The standard InChI is InChI=1S/C19H20F2N6O2/c1-11-9-15(29-25-11)22-18(28)16(14-7-8-19(20,21)10-14)12-3-5-13(6-4-12)17-23-26-27(2)24-17/h3-6,9,14,16H,7-8,10H2,1-2H3,(H,22,28)/t14-,16+/m0/s1. The molecule has 1 fully saturated rings. The minimum absolute atomic E-state index is 0.197. The summed E-state index contributed by atoms with van der Waals surface area (Å²) in [6.07, 6.45) is -0.271. The van der Waals surface area contributed by atoms with Crippen LogP contribution in [0.2, 0.25) is 0 Å². The summed E-state index contributed by atoms with van der Waals surface area (Å²) in [5, 5.41) is 18.3. The van der Waals surface area contributed by atoms with Crippen molar-refractivity contribution >= 4 is 11.8 Å². The van der Waals surface area contributed by atoms with Gasteiger partial charge < -0.3 is 4.52 Å². The van der Waals surface area contributed by atoms with Crippen LogP contribution in [-0.4, -0.2) is 37.2 Å². The van der Waals surface area contributed by atoms with E-state index in [-0.39, 0.29) is 25.1 Å². The lowest BCUT2D eigenvalue weighted by molar-refractivity contribution is -0.119. The maximum absolute atomic E-state index is 13.9. The van der Waals surface area contributed by atoms with Crippen LogP contribution in [0, 0.1) is 12.8 Å². The topological polar surface area (TPSA) is 98.7 Å². The summed E-state index contributed by atoms with van der Waals surface area (Å²) in [4.78, 5) is 14.3. The van der Waals surface area contributed by atoms with Gasteiger partial charge in [-0.2, -0.15) is 4.80 Å². The Balaban J connectivity index is 1.61. The van der Waals surface area contributed by atoms with Gasteiger partial charge in [0.25, 0.3) is 0 Å². The molecule has 2 aromatic heterocycles. The highest BCUT2D eigenvalue weighted by molar-refractivity contribution is 5.95. The van der Waals surface area contributed by atoms with Crippen LogP contribution in [0.5, 0.6) is 0 Å². The fraction of sp³-hybridized carbons (Fsp3) is 0.421. The smallest absolute Gasteiger partial charge is 0.248 e. The molecule has 1 saturated carbocycles. The summed E-state index contributed by atoms with van der Waals surface area (Å²) in [7, 11) is 1.66. The highest BCUT2D eigenvalue weighted by Crippen LogP contribution is 2.46. The quantitative estimate of drug-likeness (QED) is 0.703. The molecule has 0 spiro atoms. The van der Waals surface area contributed by atoms with Gasteiger partial charge in [0, 0.05) is 24.5 Å². The number of carbonyl (C=O) groups is 1. The lowest BCUT2D eigenvalue weighted by atomic mass is 9.83. The summed E-state index contributed by atoms with van der Waals surface area (Å²) in [6.45, 7) is 1.73. The van der Waals surface area contributed by atoms with E-state index in [4.69, 9.17) is 4.52 Å². The Bertz CT molecular complexity index is 1010. The molecule has 3 aromatic rings. The number of nitrogens with zero attached hydrogens (tertiary/aromatic N) is 5. The molecule has 1 aliphatic carbocycles. The molecule has 4 rings (SSSR count). The van der Waals surface area contributed by atoms with E-state index in [0.717, 1.165) is 5.56 Å². The highest BCUT2D eigenvalue weighted by atomic mass is 19.3. The van der Waals surface area contributed by atoms with Crippen LogP contribution in [0.4, 0.5) is 14.7 Å². The van der Waals surface area contributed by atoms with Crippen molar-refractivity contribution < 1.29 is 18.1 Å². The summed E-state index contributed by atoms with van der Waals surface area (Å²) < 4.78 is 32.8. The number of carbonyl (C=O) groups excluding carboxylic acids is 1. The number of hydrogen-bond donors (Lipinski definition) is 1. The molecule has 0 bridgehead atoms. The van der Waals surface area contributed by atoms with E-state index in [1.807, 2.05) is 0 Å². The molecule has 0 radical (unpaired) electrons. The van der Waals surface area contributed by atoms with Crippen molar-refractivity contribution in [3.05, 3.63) is 41.6 Å². The van der Waals surface area contributed by atoms with Crippen molar-refractivity contribution in [2.45, 2.75) is 38.0 Å². The Morgan fingerprint density at radius 2 is 2.10 bits per heavy atom. The first-order chi connectivity index (χ1) is 13.8. The number of aromatic nitrogens is 5. The van der Waals surface area contributed by atoms with Crippen LogP contribution in [0.3, 0.4) is 0 Å². The highest BCUT2D eigenvalue weighted by Gasteiger charge is 2.45. The average molecular weight is 402 g/mol. The van der Waals surface area contributed by atoms with E-state index in [2.05, 4.69) is 25.9 Å². The molecule has 0 unspecified atom stereocenters. The average Bonchev–Trinajstić information content (AvgIpc) is 3.37. The molecular weight excluding hydrogens is 382 g/mol. The molecule has 1 aromatic carbocycles. The molecule has 2 atom stereocenters. The van der Waals surface area contributed by atoms with Gasteiger partial charge in [-0.25, -0.2) is 8.78 Å². The Kier molecular flexibility index (Phi) is 4.85. The molecule has 1 aliphatic rings. The maximum atomic E-state index is 13.9. The van der Waals surface area contributed by atoms with Gasteiger partial charge in [-0.15, -0.1) is 10.2 Å². The number of benzene rings is 1. The fourth-order valence-corrected chi connectivity index (χ4v) is 3.77. The van der Waals surface area contributed by atoms with E-state index >= 15 is 0 Å². The van der Waals surface area contributed by atoms with Crippen molar-refractivity contribution in [2.24, 2.45) is 13.0 Å². The van der Waals surface area contributed by atoms with E-state index in [1.54, 1.807) is 44.3 Å². The first-order valence-corrected chi connectivity index (χ1v) is 9.27. The molecule has 8 nitrogen and oxygen atoms in total. The summed E-state index contributed by atoms with van der Waals surface area (Å²) in [6, 6.07) is 8.60. The minimum atomic E-state index is -2.75. The monoisotopic (exact) mass is 402 g/mol. The number of hydrogen-bond acceptors (Lipinski definition) is 6. The van der Waals surface area contributed by atoms with Crippen LogP contribution in [0.1, 0.15) is 36.4 Å². The largest absolute Gasteiger partial charge is 0.338 e. The van der Waals surface area contributed by atoms with Gasteiger partial charge >= 0.3 is 0 Å². The molecule has 0 aliphatic heterocycles. The van der Waals surface area contributed by atoms with Gasteiger partial charge in [-0.3, -0.25) is 10.1 Å². The van der Waals surface area contributed by atoms with Crippen LogP contribution < -0.4 is 5.32 Å². The Morgan fingerprint density at radius 3 is 2.66 bits per heavy atom. The van der Waals surface area contributed by atoms with E-state index in [0.29, 0.717) is 17.1 Å². The maximum Gasteiger partial charge on any atom is 0.248 e. The molecule has 1 amide bonds. The molecule has 29 heavy (non-hydrogen) atoms. The van der Waals surface area contributed by atoms with Gasteiger partial charge in [-0.05, 0) is 30.0 Å². The van der Waals surface area contributed by atoms with Crippen molar-refractivity contribution in [3.63, 3.8) is 0 Å². The van der Waals surface area contributed by atoms with Crippen molar-refractivity contribution in [1.29, 1.82) is 0 Å². The summed E-state index contributed by atoms with van der Waals surface area (Å²) in [5.41, 5.74) is 1.99. The van der Waals surface area contributed by atoms with E-state index < -0.39 is 23.7 Å². The molecule has 0 saturated heterocycles. The van der Waals surface area contributed by atoms with Gasteiger partial charge in [-0.1, -0.05) is 29.4 Å². The zero-order chi connectivity index (χ0) is 20.6. The number of halogens is 2. The second-order valence-corrected chi connectivity index (χ2v) is 7.38. The summed E-state index contributed by atoms with van der Waals surface area (Å²) in [5.74, 6) is -3.72. The van der Waals surface area contributed by atoms with Crippen LogP contribution in [0.25, 0.3) is 11.4 Å². The third-order valence-corrected chi connectivity index (χ3v) is 5.11. The normalized spacial score (nSPS) is 19.2. The number of tetrazole rings is 1. The zero-order valence-electron chi connectivity index (χ0n) is 16.0. The van der Waals surface area contributed by atoms with Crippen molar-refractivity contribution in [2.75, 3.05) is 5.32 Å². The molecule has 152 valence electrons. The van der Waals surface area contributed by atoms with Gasteiger partial charge in [0.2, 0.25) is 23.5 Å². The third-order valence-electron chi connectivity index (χ3n) is 5.11. The SMILES string of the molecule is Cc1cc(NC(=O)[C@H](c2ccc(-c3nnn(C)n3)cc2)[C@H]2CCC(F)(F)C2)on1. The van der Waals surface area contributed by atoms with Crippen LogP contribution in [-0.2, 0) is 11.8 Å². The number of anilines is 1. The second kappa shape index (κ2) is 7.34. The molecular formula is C19H20F2N6O2. The van der Waals surface area contributed by atoms with E-state index in [9.17, 15) is 13.6 Å². The van der Waals surface area contributed by atoms with Gasteiger partial charge in [0.1, 0.15) is 0 Å². The van der Waals surface area contributed by atoms with Crippen molar-refractivity contribution in [1.82, 2.24) is 25.4 Å². The van der Waals surface area contributed by atoms with Crippen molar-refractivity contribution in [3.8, 4) is 11.4 Å². The number of alkyl halides is 2. The minimum Gasteiger partial charge on any atom is -0.338 e. The first kappa shape index (κ1) is 19.2. The lowest BCUT2D eigenvalue weighted by Crippen LogP contribution is -2.27. The number of nitrogens with one attached hydrogen (secondary N) is 1. The van der Waals surface area contributed by atoms with Crippen LogP contribution >= 0.6 is 0 Å². The van der Waals surface area contributed by atoms with E-state index in [1.165, 1.54) is 4.80 Å². The number of aryl methyl sites for hydroxylation is 2. The molecule has 2 heterocycles. The lowest BCUT2D eigenvalue weighted by Gasteiger charge is -2.23. The van der Waals surface area contributed by atoms with Gasteiger partial charge in [0.15, 0.2) is 0 Å². The Morgan fingerprint density at radius 1 is 1.34 bits per heavy atom. The fourth-order valence-electron chi connectivity index (χ4n) is 3.77. The zero-order valence-corrected chi connectivity index (χ0v) is 16.0. The molecule has 10 heteroatoms. The first-order valence-electron chi connectivity index (χ1n) is 9.27. The predicted octanol–water partition coefficient (Wildman–Crippen LogP) is 3.33.